The molecular formula is C8H12O2. The summed E-state index contributed by atoms with van der Waals surface area (Å²) in [7, 11) is 3.26. The summed E-state index contributed by atoms with van der Waals surface area (Å²) in [6.07, 6.45) is 8.83. The van der Waals surface area contributed by atoms with Gasteiger partial charge in [-0.2, -0.15) is 0 Å². The van der Waals surface area contributed by atoms with E-state index in [1.165, 1.54) is 0 Å². The summed E-state index contributed by atoms with van der Waals surface area (Å²) in [4.78, 5) is 0. The van der Waals surface area contributed by atoms with Gasteiger partial charge in [0.2, 0.25) is 5.79 Å². The molecular weight excluding hydrogens is 128 g/mol. The van der Waals surface area contributed by atoms with Crippen molar-refractivity contribution in [3.05, 3.63) is 24.3 Å². The molecule has 0 saturated carbocycles. The zero-order chi connectivity index (χ0) is 7.45. The third kappa shape index (κ3) is 1.28. The van der Waals surface area contributed by atoms with Gasteiger partial charge in [-0.25, -0.2) is 0 Å². The third-order valence-electron chi connectivity index (χ3n) is 1.61. The number of allylic oxidation sites excluding steroid dienone is 2. The molecule has 0 atom stereocenters. The van der Waals surface area contributed by atoms with Crippen LogP contribution in [-0.4, -0.2) is 20.0 Å². The topological polar surface area (TPSA) is 18.5 Å². The van der Waals surface area contributed by atoms with Gasteiger partial charge in [0.1, 0.15) is 0 Å². The molecule has 0 radical (unpaired) electrons. The number of rotatable bonds is 2. The molecule has 56 valence electrons. The van der Waals surface area contributed by atoms with Gasteiger partial charge in [0.05, 0.1) is 0 Å². The van der Waals surface area contributed by atoms with Crippen molar-refractivity contribution in [2.75, 3.05) is 14.2 Å². The molecule has 2 heteroatoms. The first kappa shape index (κ1) is 7.51. The van der Waals surface area contributed by atoms with Crippen LogP contribution >= 0.6 is 0 Å². The minimum absolute atomic E-state index is 0.599. The summed E-state index contributed by atoms with van der Waals surface area (Å²) < 4.78 is 10.3. The molecule has 1 aliphatic rings. The molecule has 0 N–H and O–H groups in total. The van der Waals surface area contributed by atoms with Crippen LogP contribution in [0.15, 0.2) is 24.3 Å². The second-order valence-electron chi connectivity index (χ2n) is 2.17. The molecule has 0 amide bonds. The first-order chi connectivity index (χ1) is 4.83. The van der Waals surface area contributed by atoms with Gasteiger partial charge in [-0.3, -0.25) is 0 Å². The Morgan fingerprint density at radius 2 is 1.60 bits per heavy atom. The molecule has 0 unspecified atom stereocenters. The van der Waals surface area contributed by atoms with Gasteiger partial charge in [-0.1, -0.05) is 12.2 Å². The number of methoxy groups -OCH3 is 2. The van der Waals surface area contributed by atoms with E-state index >= 15 is 0 Å². The second kappa shape index (κ2) is 2.99. The van der Waals surface area contributed by atoms with Crippen molar-refractivity contribution in [2.24, 2.45) is 0 Å². The predicted octanol–water partition coefficient (Wildman–Crippen LogP) is 1.49. The summed E-state index contributed by atoms with van der Waals surface area (Å²) >= 11 is 0. The van der Waals surface area contributed by atoms with Crippen LogP contribution in [0.2, 0.25) is 0 Å². The molecule has 0 fully saturated rings. The first-order valence-electron chi connectivity index (χ1n) is 3.29. The van der Waals surface area contributed by atoms with Crippen LogP contribution in [0, 0.1) is 0 Å². The fraction of sp³-hybridized carbons (Fsp3) is 0.500. The summed E-state index contributed by atoms with van der Waals surface area (Å²) in [6.45, 7) is 0. The van der Waals surface area contributed by atoms with Crippen LogP contribution in [0.4, 0.5) is 0 Å². The van der Waals surface area contributed by atoms with E-state index in [-0.39, 0.29) is 0 Å². The first-order valence-corrected chi connectivity index (χ1v) is 3.29. The molecule has 0 bridgehead atoms. The number of hydrogen-bond donors (Lipinski definition) is 0. The van der Waals surface area contributed by atoms with Crippen LogP contribution in [0.25, 0.3) is 0 Å². The molecule has 1 rings (SSSR count). The van der Waals surface area contributed by atoms with E-state index in [1.807, 2.05) is 24.3 Å². The van der Waals surface area contributed by atoms with E-state index in [4.69, 9.17) is 9.47 Å². The van der Waals surface area contributed by atoms with E-state index in [0.29, 0.717) is 0 Å². The number of ether oxygens (including phenoxy) is 2. The van der Waals surface area contributed by atoms with Gasteiger partial charge in [0.15, 0.2) is 0 Å². The third-order valence-corrected chi connectivity index (χ3v) is 1.61. The molecule has 0 spiro atoms. The van der Waals surface area contributed by atoms with Crippen LogP contribution in [-0.2, 0) is 9.47 Å². The molecule has 1 aliphatic carbocycles. The lowest BCUT2D eigenvalue weighted by molar-refractivity contribution is -0.134. The highest BCUT2D eigenvalue weighted by Crippen LogP contribution is 2.19. The van der Waals surface area contributed by atoms with E-state index in [0.717, 1.165) is 6.42 Å². The zero-order valence-electron chi connectivity index (χ0n) is 6.33. The molecule has 0 heterocycles. The van der Waals surface area contributed by atoms with Crippen molar-refractivity contribution in [1.29, 1.82) is 0 Å². The standard InChI is InChI=1S/C8H12O2/c1-9-8(10-2)6-4-3-5-7-8/h4-7H,3H2,1-2H3. The average Bonchev–Trinajstić information content (AvgIpc) is 2.06. The summed E-state index contributed by atoms with van der Waals surface area (Å²) in [6, 6.07) is 0. The van der Waals surface area contributed by atoms with Crippen LogP contribution in [0.3, 0.4) is 0 Å². The lowest BCUT2D eigenvalue weighted by atomic mass is 10.1. The maximum Gasteiger partial charge on any atom is 0.207 e. The molecule has 0 saturated heterocycles. The molecule has 0 aromatic heterocycles. The smallest absolute Gasteiger partial charge is 0.207 e. The summed E-state index contributed by atoms with van der Waals surface area (Å²) in [5.74, 6) is -0.599. The summed E-state index contributed by atoms with van der Waals surface area (Å²) in [5, 5.41) is 0. The SMILES string of the molecule is COC1(OC)C=CCC=C1. The lowest BCUT2D eigenvalue weighted by Crippen LogP contribution is -2.29. The van der Waals surface area contributed by atoms with Crippen LogP contribution < -0.4 is 0 Å². The maximum absolute atomic E-state index is 5.13. The Hall–Kier alpha value is -0.600. The largest absolute Gasteiger partial charge is 0.346 e. The molecule has 2 nitrogen and oxygen atoms in total. The molecule has 0 aromatic rings. The van der Waals surface area contributed by atoms with Crippen molar-refractivity contribution in [3.63, 3.8) is 0 Å². The van der Waals surface area contributed by atoms with Crippen molar-refractivity contribution >= 4 is 0 Å². The fourth-order valence-corrected chi connectivity index (χ4v) is 0.954. The Morgan fingerprint density at radius 3 is 1.90 bits per heavy atom. The Morgan fingerprint density at radius 1 is 1.10 bits per heavy atom. The Labute approximate surface area is 61.1 Å². The van der Waals surface area contributed by atoms with Gasteiger partial charge >= 0.3 is 0 Å². The van der Waals surface area contributed by atoms with Crippen LogP contribution in [0.1, 0.15) is 6.42 Å². The lowest BCUT2D eigenvalue weighted by Gasteiger charge is -2.25. The van der Waals surface area contributed by atoms with E-state index < -0.39 is 5.79 Å². The fourth-order valence-electron chi connectivity index (χ4n) is 0.954. The van der Waals surface area contributed by atoms with Gasteiger partial charge in [0, 0.05) is 14.2 Å². The predicted molar refractivity (Wildman–Crippen MR) is 39.6 cm³/mol. The minimum atomic E-state index is -0.599. The molecule has 0 aromatic carbocycles. The second-order valence-corrected chi connectivity index (χ2v) is 2.17. The monoisotopic (exact) mass is 140 g/mol. The van der Waals surface area contributed by atoms with Crippen molar-refractivity contribution in [1.82, 2.24) is 0 Å². The Kier molecular flexibility index (Phi) is 2.25. The van der Waals surface area contributed by atoms with Crippen LogP contribution in [0.5, 0.6) is 0 Å². The zero-order valence-corrected chi connectivity index (χ0v) is 6.33. The van der Waals surface area contributed by atoms with Gasteiger partial charge in [-0.15, -0.1) is 0 Å². The van der Waals surface area contributed by atoms with Gasteiger partial charge in [-0.05, 0) is 18.6 Å². The molecule has 0 aliphatic heterocycles. The van der Waals surface area contributed by atoms with Crippen molar-refractivity contribution < 1.29 is 9.47 Å². The highest BCUT2D eigenvalue weighted by molar-refractivity contribution is 5.15. The van der Waals surface area contributed by atoms with Gasteiger partial charge < -0.3 is 9.47 Å². The normalized spacial score (nSPS) is 21.4. The number of hydrogen-bond acceptors (Lipinski definition) is 2. The summed E-state index contributed by atoms with van der Waals surface area (Å²) in [5.41, 5.74) is 0. The van der Waals surface area contributed by atoms with Crippen molar-refractivity contribution in [3.8, 4) is 0 Å². The van der Waals surface area contributed by atoms with Gasteiger partial charge in [0.25, 0.3) is 0 Å². The molecule has 10 heavy (non-hydrogen) atoms. The Bertz CT molecular complexity index is 141. The van der Waals surface area contributed by atoms with E-state index in [9.17, 15) is 0 Å². The highest BCUT2D eigenvalue weighted by atomic mass is 16.7. The quantitative estimate of drug-likeness (QED) is 0.427. The average molecular weight is 140 g/mol. The van der Waals surface area contributed by atoms with E-state index in [2.05, 4.69) is 0 Å². The Balaban J connectivity index is 2.71. The maximum atomic E-state index is 5.13. The minimum Gasteiger partial charge on any atom is -0.346 e. The van der Waals surface area contributed by atoms with E-state index in [1.54, 1.807) is 14.2 Å². The highest BCUT2D eigenvalue weighted by Gasteiger charge is 2.22. The van der Waals surface area contributed by atoms with Crippen molar-refractivity contribution in [2.45, 2.75) is 12.2 Å².